The van der Waals surface area contributed by atoms with Crippen LogP contribution in [0.3, 0.4) is 0 Å². The van der Waals surface area contributed by atoms with Crippen molar-refractivity contribution < 1.29 is 8.78 Å². The van der Waals surface area contributed by atoms with Gasteiger partial charge in [0.05, 0.1) is 0 Å². The number of hydrogen-bond donors (Lipinski definition) is 0. The molecule has 0 spiro atoms. The zero-order valence-corrected chi connectivity index (χ0v) is 11.9. The van der Waals surface area contributed by atoms with Gasteiger partial charge in [0.2, 0.25) is 0 Å². The van der Waals surface area contributed by atoms with Crippen LogP contribution in [0.15, 0.2) is 0 Å². The van der Waals surface area contributed by atoms with Crippen molar-refractivity contribution >= 4 is 11.6 Å². The summed E-state index contributed by atoms with van der Waals surface area (Å²) in [6.45, 7) is 8.71. The van der Waals surface area contributed by atoms with Crippen molar-refractivity contribution in [2.24, 2.45) is 5.41 Å². The molecule has 0 heterocycles. The fourth-order valence-corrected chi connectivity index (χ4v) is 2.48. The van der Waals surface area contributed by atoms with Crippen LogP contribution in [-0.4, -0.2) is 10.8 Å². The number of rotatable bonds is 7. The normalized spacial score (nSPS) is 17.2. The van der Waals surface area contributed by atoms with Crippen LogP contribution < -0.4 is 0 Å². The summed E-state index contributed by atoms with van der Waals surface area (Å²) in [5.41, 5.74) is -2.69. The van der Waals surface area contributed by atoms with Gasteiger partial charge in [-0.1, -0.05) is 59.1 Å². The number of hydrogen-bond acceptors (Lipinski definition) is 0. The Balaban J connectivity index is 5.17. The maximum Gasteiger partial charge on any atom is 0.191 e. The monoisotopic (exact) mass is 254 g/mol. The average molecular weight is 255 g/mol. The average Bonchev–Trinajstić information content (AvgIpc) is 2.18. The molecule has 0 aromatic heterocycles. The molecule has 1 atom stereocenters. The molecule has 1 unspecified atom stereocenters. The largest absolute Gasteiger partial charge is 0.243 e. The summed E-state index contributed by atoms with van der Waals surface area (Å²) in [4.78, 5) is 0. The van der Waals surface area contributed by atoms with Gasteiger partial charge in [0.15, 0.2) is 5.13 Å². The van der Waals surface area contributed by atoms with Crippen molar-refractivity contribution in [3.05, 3.63) is 0 Å². The quantitative estimate of drug-likeness (QED) is 0.516. The van der Waals surface area contributed by atoms with E-state index >= 15 is 0 Å². The topological polar surface area (TPSA) is 0 Å². The molecule has 16 heavy (non-hydrogen) atoms. The second-order valence-corrected chi connectivity index (χ2v) is 5.75. The van der Waals surface area contributed by atoms with Gasteiger partial charge in [-0.05, 0) is 19.3 Å². The van der Waals surface area contributed by atoms with Crippen molar-refractivity contribution in [1.82, 2.24) is 0 Å². The maximum atomic E-state index is 14.9. The molecule has 0 aliphatic heterocycles. The first-order chi connectivity index (χ1) is 7.18. The third kappa shape index (κ3) is 2.88. The van der Waals surface area contributed by atoms with Gasteiger partial charge >= 0.3 is 0 Å². The summed E-state index contributed by atoms with van der Waals surface area (Å²) in [6, 6.07) is 0. The van der Waals surface area contributed by atoms with E-state index in [4.69, 9.17) is 11.6 Å². The van der Waals surface area contributed by atoms with Crippen molar-refractivity contribution in [3.8, 4) is 0 Å². The maximum absolute atomic E-state index is 14.9. The van der Waals surface area contributed by atoms with Gasteiger partial charge in [-0.25, -0.2) is 8.78 Å². The molecule has 0 fully saturated rings. The third-order valence-corrected chi connectivity index (χ3v) is 4.51. The van der Waals surface area contributed by atoms with Crippen molar-refractivity contribution in [3.63, 3.8) is 0 Å². The van der Waals surface area contributed by atoms with E-state index in [0.29, 0.717) is 25.7 Å². The van der Waals surface area contributed by atoms with Crippen LogP contribution in [0.4, 0.5) is 8.78 Å². The van der Waals surface area contributed by atoms with Gasteiger partial charge in [0.25, 0.3) is 0 Å². The predicted octanol–water partition coefficient (Wildman–Crippen LogP) is 5.64. The van der Waals surface area contributed by atoms with Crippen molar-refractivity contribution in [1.29, 1.82) is 0 Å². The van der Waals surface area contributed by atoms with E-state index in [9.17, 15) is 8.78 Å². The molecule has 0 aromatic carbocycles. The zero-order valence-electron chi connectivity index (χ0n) is 11.2. The molecule has 0 amide bonds. The minimum Gasteiger partial charge on any atom is -0.243 e. The molecule has 0 saturated heterocycles. The Kier molecular flexibility index (Phi) is 5.71. The van der Waals surface area contributed by atoms with Gasteiger partial charge in [0, 0.05) is 5.41 Å². The second kappa shape index (κ2) is 5.66. The molecule has 0 saturated carbocycles. The van der Waals surface area contributed by atoms with Crippen molar-refractivity contribution in [2.45, 2.75) is 77.5 Å². The summed E-state index contributed by atoms with van der Waals surface area (Å²) < 4.78 is 29.2. The van der Waals surface area contributed by atoms with E-state index in [1.165, 1.54) is 0 Å². The van der Waals surface area contributed by atoms with E-state index in [2.05, 4.69) is 0 Å². The Morgan fingerprint density at radius 1 is 0.938 bits per heavy atom. The van der Waals surface area contributed by atoms with Crippen LogP contribution >= 0.6 is 11.6 Å². The fourth-order valence-electron chi connectivity index (χ4n) is 2.31. The van der Waals surface area contributed by atoms with Crippen LogP contribution in [0, 0.1) is 5.41 Å². The van der Waals surface area contributed by atoms with Crippen LogP contribution in [0.25, 0.3) is 0 Å². The van der Waals surface area contributed by atoms with Gasteiger partial charge in [-0.15, -0.1) is 0 Å². The van der Waals surface area contributed by atoms with E-state index in [1.54, 1.807) is 20.8 Å². The molecule has 3 heteroatoms. The second-order valence-electron chi connectivity index (χ2n) is 5.15. The highest BCUT2D eigenvalue weighted by atomic mass is 35.5. The molecule has 0 rings (SSSR count). The summed E-state index contributed by atoms with van der Waals surface area (Å²) in [6.07, 6.45) is 2.27. The predicted molar refractivity (Wildman–Crippen MR) is 67.4 cm³/mol. The van der Waals surface area contributed by atoms with E-state index in [0.717, 1.165) is 0 Å². The summed E-state index contributed by atoms with van der Waals surface area (Å²) in [5, 5.41) is -1.98. The Bertz CT molecular complexity index is 206. The standard InChI is InChI=1S/C13H25ClF2/c1-6-9-12(15,10-7-2)11(4,5)13(14,16)8-3/h6-10H2,1-5H3. The summed E-state index contributed by atoms with van der Waals surface area (Å²) in [5.74, 6) is 0. The molecule has 98 valence electrons. The minimum absolute atomic E-state index is 0.126. The molecular weight excluding hydrogens is 230 g/mol. The van der Waals surface area contributed by atoms with Gasteiger partial charge in [0.1, 0.15) is 5.67 Å². The molecular formula is C13H25ClF2. The molecule has 0 aliphatic rings. The Labute approximate surface area is 104 Å². The van der Waals surface area contributed by atoms with Crippen LogP contribution in [0.2, 0.25) is 0 Å². The number of halogens is 3. The van der Waals surface area contributed by atoms with Crippen LogP contribution in [-0.2, 0) is 0 Å². The lowest BCUT2D eigenvalue weighted by atomic mass is 9.67. The van der Waals surface area contributed by atoms with E-state index in [1.807, 2.05) is 13.8 Å². The summed E-state index contributed by atoms with van der Waals surface area (Å²) in [7, 11) is 0. The first kappa shape index (κ1) is 16.1. The first-order valence-corrected chi connectivity index (χ1v) is 6.63. The lowest BCUT2D eigenvalue weighted by Crippen LogP contribution is -2.51. The van der Waals surface area contributed by atoms with Gasteiger partial charge in [-0.2, -0.15) is 0 Å². The fraction of sp³-hybridized carbons (Fsp3) is 1.00. The lowest BCUT2D eigenvalue weighted by Gasteiger charge is -2.46. The van der Waals surface area contributed by atoms with Gasteiger partial charge in [-0.3, -0.25) is 0 Å². The van der Waals surface area contributed by atoms with Crippen LogP contribution in [0.5, 0.6) is 0 Å². The Hall–Kier alpha value is 0.150. The molecule has 0 N–H and O–H groups in total. The molecule has 0 radical (unpaired) electrons. The smallest absolute Gasteiger partial charge is 0.191 e. The zero-order chi connectivity index (χ0) is 13.0. The SMILES string of the molecule is CCCC(F)(CCC)C(C)(C)C(F)(Cl)CC. The molecule has 0 aromatic rings. The summed E-state index contributed by atoms with van der Waals surface area (Å²) >= 11 is 5.86. The van der Waals surface area contributed by atoms with E-state index in [-0.39, 0.29) is 6.42 Å². The van der Waals surface area contributed by atoms with E-state index < -0.39 is 16.2 Å². The highest BCUT2D eigenvalue weighted by Gasteiger charge is 2.56. The van der Waals surface area contributed by atoms with Crippen molar-refractivity contribution in [2.75, 3.05) is 0 Å². The van der Waals surface area contributed by atoms with Crippen LogP contribution in [0.1, 0.15) is 66.7 Å². The number of alkyl halides is 3. The minimum atomic E-state index is -1.98. The highest BCUT2D eigenvalue weighted by Crippen LogP contribution is 2.53. The highest BCUT2D eigenvalue weighted by molar-refractivity contribution is 6.23. The molecule has 0 bridgehead atoms. The molecule has 0 nitrogen and oxygen atoms in total. The first-order valence-electron chi connectivity index (χ1n) is 6.25. The Morgan fingerprint density at radius 2 is 1.31 bits per heavy atom. The van der Waals surface area contributed by atoms with Gasteiger partial charge < -0.3 is 0 Å². The Morgan fingerprint density at radius 3 is 1.56 bits per heavy atom. The molecule has 0 aliphatic carbocycles. The lowest BCUT2D eigenvalue weighted by molar-refractivity contribution is -0.0733. The third-order valence-electron chi connectivity index (χ3n) is 3.77.